The van der Waals surface area contributed by atoms with E-state index in [2.05, 4.69) is 22.3 Å². The van der Waals surface area contributed by atoms with E-state index in [0.29, 0.717) is 11.4 Å². The van der Waals surface area contributed by atoms with E-state index < -0.39 is 11.6 Å². The van der Waals surface area contributed by atoms with Gasteiger partial charge in [0.15, 0.2) is 0 Å². The molecule has 3 aromatic rings. The van der Waals surface area contributed by atoms with Crippen LogP contribution in [0.15, 0.2) is 59.4 Å². The molecule has 0 saturated carbocycles. The zero-order valence-electron chi connectivity index (χ0n) is 14.0. The zero-order chi connectivity index (χ0) is 17.6. The number of para-hydroxylation sites is 1. The van der Waals surface area contributed by atoms with E-state index in [1.807, 2.05) is 30.3 Å². The fourth-order valence-electron chi connectivity index (χ4n) is 2.50. The van der Waals surface area contributed by atoms with Crippen LogP contribution in [0.3, 0.4) is 0 Å². The molecule has 0 aliphatic carbocycles. The van der Waals surface area contributed by atoms with Crippen molar-refractivity contribution in [3.8, 4) is 5.69 Å². The van der Waals surface area contributed by atoms with Crippen LogP contribution in [0, 0.1) is 0 Å². The van der Waals surface area contributed by atoms with E-state index in [1.165, 1.54) is 10.2 Å². The summed E-state index contributed by atoms with van der Waals surface area (Å²) in [7, 11) is 0. The third-order valence-corrected chi connectivity index (χ3v) is 3.86. The largest absolute Gasteiger partial charge is 0.348 e. The Balaban J connectivity index is 1.73. The summed E-state index contributed by atoms with van der Waals surface area (Å²) >= 11 is 0. The number of hydrogen-bond acceptors (Lipinski definition) is 3. The first kappa shape index (κ1) is 16.7. The summed E-state index contributed by atoms with van der Waals surface area (Å²) in [6.07, 6.45) is 3.32. The predicted octanol–water partition coefficient (Wildman–Crippen LogP) is 3.16. The van der Waals surface area contributed by atoms with Crippen LogP contribution in [0.4, 0.5) is 5.69 Å². The van der Waals surface area contributed by atoms with Crippen molar-refractivity contribution < 1.29 is 4.79 Å². The van der Waals surface area contributed by atoms with Gasteiger partial charge >= 0.3 is 5.69 Å². The normalized spacial score (nSPS) is 10.6. The number of amides is 1. The summed E-state index contributed by atoms with van der Waals surface area (Å²) in [6, 6.07) is 16.7. The van der Waals surface area contributed by atoms with Crippen molar-refractivity contribution in [3.63, 3.8) is 0 Å². The first-order chi connectivity index (χ1) is 12.2. The van der Waals surface area contributed by atoms with E-state index in [-0.39, 0.29) is 5.82 Å². The first-order valence-corrected chi connectivity index (χ1v) is 8.32. The Morgan fingerprint density at radius 1 is 1.12 bits per heavy atom. The van der Waals surface area contributed by atoms with Crippen LogP contribution in [0.2, 0.25) is 0 Å². The van der Waals surface area contributed by atoms with Crippen LogP contribution in [-0.4, -0.2) is 20.7 Å². The van der Waals surface area contributed by atoms with Gasteiger partial charge in [0, 0.05) is 5.69 Å². The van der Waals surface area contributed by atoms with E-state index in [0.717, 1.165) is 19.3 Å². The summed E-state index contributed by atoms with van der Waals surface area (Å²) in [5, 5.41) is 6.82. The topological polar surface area (TPSA) is 79.8 Å². The van der Waals surface area contributed by atoms with Crippen molar-refractivity contribution in [1.82, 2.24) is 14.8 Å². The zero-order valence-corrected chi connectivity index (χ0v) is 14.0. The van der Waals surface area contributed by atoms with Gasteiger partial charge in [-0.05, 0) is 42.7 Å². The molecule has 0 saturated heterocycles. The van der Waals surface area contributed by atoms with Crippen LogP contribution in [-0.2, 0) is 6.42 Å². The molecule has 6 nitrogen and oxygen atoms in total. The molecule has 0 radical (unpaired) electrons. The van der Waals surface area contributed by atoms with Crippen molar-refractivity contribution in [3.05, 3.63) is 76.5 Å². The molecule has 25 heavy (non-hydrogen) atoms. The van der Waals surface area contributed by atoms with Gasteiger partial charge in [-0.1, -0.05) is 43.7 Å². The van der Waals surface area contributed by atoms with Crippen molar-refractivity contribution >= 4 is 11.6 Å². The van der Waals surface area contributed by atoms with Crippen molar-refractivity contribution in [2.24, 2.45) is 0 Å². The van der Waals surface area contributed by atoms with E-state index >= 15 is 0 Å². The first-order valence-electron chi connectivity index (χ1n) is 8.32. The molecule has 0 spiro atoms. The molecule has 0 fully saturated rings. The molecule has 0 atom stereocenters. The lowest BCUT2D eigenvalue weighted by Gasteiger charge is -2.05. The van der Waals surface area contributed by atoms with Gasteiger partial charge in [0.1, 0.15) is 0 Å². The molecule has 1 heterocycles. The predicted molar refractivity (Wildman–Crippen MR) is 97.2 cm³/mol. The van der Waals surface area contributed by atoms with Gasteiger partial charge in [0.2, 0.25) is 5.82 Å². The molecular weight excluding hydrogens is 316 g/mol. The molecule has 128 valence electrons. The lowest BCUT2D eigenvalue weighted by Crippen LogP contribution is -2.15. The molecule has 0 unspecified atom stereocenters. The van der Waals surface area contributed by atoms with Gasteiger partial charge in [0.25, 0.3) is 5.91 Å². The molecule has 2 aromatic carbocycles. The number of nitrogens with one attached hydrogen (secondary N) is 2. The van der Waals surface area contributed by atoms with Gasteiger partial charge in [-0.25, -0.2) is 4.79 Å². The minimum Gasteiger partial charge on any atom is -0.319 e. The fourth-order valence-corrected chi connectivity index (χ4v) is 2.50. The van der Waals surface area contributed by atoms with Gasteiger partial charge < -0.3 is 5.32 Å². The molecule has 1 amide bonds. The number of H-pyrrole nitrogens is 1. The summed E-state index contributed by atoms with van der Waals surface area (Å²) in [5.41, 5.74) is 2.05. The molecule has 0 aliphatic heterocycles. The van der Waals surface area contributed by atoms with Crippen molar-refractivity contribution in [2.75, 3.05) is 5.32 Å². The Kier molecular flexibility index (Phi) is 5.09. The molecule has 0 bridgehead atoms. The maximum absolute atomic E-state index is 12.3. The highest BCUT2D eigenvalue weighted by molar-refractivity contribution is 6.01. The number of carbonyl (C=O) groups is 1. The Morgan fingerprint density at radius 3 is 2.52 bits per heavy atom. The van der Waals surface area contributed by atoms with Crippen LogP contribution in [0.1, 0.15) is 35.9 Å². The summed E-state index contributed by atoms with van der Waals surface area (Å²) in [6.45, 7) is 2.16. The average molecular weight is 336 g/mol. The number of aromatic nitrogens is 3. The molecule has 6 heteroatoms. The fraction of sp³-hybridized carbons (Fsp3) is 0.211. The lowest BCUT2D eigenvalue weighted by molar-refractivity contribution is 0.101. The van der Waals surface area contributed by atoms with Crippen LogP contribution >= 0.6 is 0 Å². The number of hydrogen-bond donors (Lipinski definition) is 2. The number of rotatable bonds is 6. The number of unbranched alkanes of at least 4 members (excludes halogenated alkanes) is 1. The monoisotopic (exact) mass is 336 g/mol. The summed E-state index contributed by atoms with van der Waals surface area (Å²) < 4.78 is 1.17. The Morgan fingerprint density at radius 2 is 1.84 bits per heavy atom. The second-order valence-corrected chi connectivity index (χ2v) is 5.78. The molecule has 2 N–H and O–H groups in total. The van der Waals surface area contributed by atoms with Gasteiger partial charge in [0.05, 0.1) is 5.69 Å². The quantitative estimate of drug-likeness (QED) is 0.725. The minimum atomic E-state index is -0.453. The number of nitrogens with zero attached hydrogens (tertiary/aromatic N) is 2. The third-order valence-electron chi connectivity index (χ3n) is 3.86. The molecule has 1 aromatic heterocycles. The number of aryl methyl sites for hydroxylation is 1. The van der Waals surface area contributed by atoms with E-state index in [4.69, 9.17) is 0 Å². The number of carbonyl (C=O) groups excluding carboxylic acids is 1. The SMILES string of the molecule is CCCCc1ccc(NC(=O)c2nn(-c3ccccc3)c(=O)[nH]2)cc1. The van der Waals surface area contributed by atoms with E-state index in [1.54, 1.807) is 24.3 Å². The smallest absolute Gasteiger partial charge is 0.319 e. The van der Waals surface area contributed by atoms with Crippen LogP contribution in [0.25, 0.3) is 5.69 Å². The average Bonchev–Trinajstić information content (AvgIpc) is 3.04. The number of benzene rings is 2. The molecular formula is C19H20N4O2. The summed E-state index contributed by atoms with van der Waals surface area (Å²) in [4.78, 5) is 26.8. The Bertz CT molecular complexity index is 895. The molecule has 0 aliphatic rings. The van der Waals surface area contributed by atoms with Gasteiger partial charge in [-0.15, -0.1) is 5.10 Å². The number of aromatic amines is 1. The highest BCUT2D eigenvalue weighted by atomic mass is 16.2. The maximum Gasteiger partial charge on any atom is 0.348 e. The molecule has 3 rings (SSSR count). The summed E-state index contributed by atoms with van der Waals surface area (Å²) in [5.74, 6) is -0.475. The highest BCUT2D eigenvalue weighted by Crippen LogP contribution is 2.12. The second-order valence-electron chi connectivity index (χ2n) is 5.78. The van der Waals surface area contributed by atoms with Crippen LogP contribution < -0.4 is 11.0 Å². The second kappa shape index (κ2) is 7.61. The Labute approximate surface area is 145 Å². The highest BCUT2D eigenvalue weighted by Gasteiger charge is 2.14. The van der Waals surface area contributed by atoms with Crippen molar-refractivity contribution in [1.29, 1.82) is 0 Å². The standard InChI is InChI=1S/C19H20N4O2/c1-2-3-7-14-10-12-15(13-11-14)20-18(24)17-21-19(25)23(22-17)16-8-5-4-6-9-16/h4-6,8-13H,2-3,7H2,1H3,(H,20,24)(H,21,22,25). The lowest BCUT2D eigenvalue weighted by atomic mass is 10.1. The van der Waals surface area contributed by atoms with Crippen LogP contribution in [0.5, 0.6) is 0 Å². The van der Waals surface area contributed by atoms with Crippen molar-refractivity contribution in [2.45, 2.75) is 26.2 Å². The number of anilines is 1. The Hall–Kier alpha value is -3.15. The minimum absolute atomic E-state index is 0.0242. The van der Waals surface area contributed by atoms with E-state index in [9.17, 15) is 9.59 Å². The van der Waals surface area contributed by atoms with Gasteiger partial charge in [-0.2, -0.15) is 4.68 Å². The maximum atomic E-state index is 12.3. The van der Waals surface area contributed by atoms with Gasteiger partial charge in [-0.3, -0.25) is 9.78 Å². The third kappa shape index (κ3) is 4.03.